The molecule has 4 heterocycles. The molecule has 0 aliphatic rings. The van der Waals surface area contributed by atoms with E-state index < -0.39 is 0 Å². The number of nitrogens with zero attached hydrogens (tertiary/aromatic N) is 3. The fraction of sp³-hybridized carbons (Fsp3) is 0.0282. The van der Waals surface area contributed by atoms with Gasteiger partial charge in [-0.25, -0.2) is 0 Å². The van der Waals surface area contributed by atoms with Crippen molar-refractivity contribution in [2.24, 2.45) is 0 Å². The first-order valence-electron chi connectivity index (χ1n) is 25.6. The molecule has 354 valence electrons. The van der Waals surface area contributed by atoms with Crippen LogP contribution in [0.2, 0.25) is 0 Å². The van der Waals surface area contributed by atoms with Crippen molar-refractivity contribution in [1.82, 2.24) is 15.0 Å². The summed E-state index contributed by atoms with van der Waals surface area (Å²) in [6, 6.07) is 90.3. The highest BCUT2D eigenvalue weighted by molar-refractivity contribution is 6.09. The number of furan rings is 1. The minimum atomic E-state index is 0.802. The van der Waals surface area contributed by atoms with Gasteiger partial charge in [0.1, 0.15) is 11.2 Å². The molecule has 75 heavy (non-hydrogen) atoms. The number of aromatic nitrogens is 3. The Balaban J connectivity index is 0.935. The van der Waals surface area contributed by atoms with E-state index in [4.69, 9.17) is 19.4 Å². The van der Waals surface area contributed by atoms with Crippen molar-refractivity contribution in [3.05, 3.63) is 285 Å². The van der Waals surface area contributed by atoms with Crippen LogP contribution in [-0.4, -0.2) is 15.0 Å². The van der Waals surface area contributed by atoms with E-state index in [1.54, 1.807) is 0 Å². The fourth-order valence-electron chi connectivity index (χ4n) is 10.6. The van der Waals surface area contributed by atoms with E-state index in [-0.39, 0.29) is 0 Å². The van der Waals surface area contributed by atoms with E-state index in [0.717, 1.165) is 141 Å². The lowest BCUT2D eigenvalue weighted by atomic mass is 9.86. The minimum Gasteiger partial charge on any atom is -0.455 e. The van der Waals surface area contributed by atoms with Gasteiger partial charge in [0.25, 0.3) is 0 Å². The summed E-state index contributed by atoms with van der Waals surface area (Å²) < 4.78 is 6.40. The van der Waals surface area contributed by atoms with Crippen LogP contribution in [0.4, 0.5) is 0 Å². The maximum absolute atomic E-state index is 6.40. The second kappa shape index (κ2) is 20.0. The monoisotopic (exact) mass is 959 g/mol. The maximum Gasteiger partial charge on any atom is 0.144 e. The summed E-state index contributed by atoms with van der Waals surface area (Å²) in [6.45, 7) is 0. The Hall–Kier alpha value is -9.77. The maximum atomic E-state index is 6.40. The Kier molecular flexibility index (Phi) is 12.0. The first kappa shape index (κ1) is 45.1. The zero-order valence-electron chi connectivity index (χ0n) is 41.1. The SMILES string of the molecule is c1ccc(-c2cc(-c3ccccc3)c(-c3ccccc3-c3cc(CCc4ccc(-c5cccc6c5oc5ccccc56)nc4)cc(-c4ccccc4-c4cnc(-c5ccccc5)cc4-c4ccccc4)c3)cn2)cc1. The Morgan fingerprint density at radius 3 is 1.23 bits per heavy atom. The summed E-state index contributed by atoms with van der Waals surface area (Å²) in [5, 5.41) is 2.21. The van der Waals surface area contributed by atoms with Crippen LogP contribution in [-0.2, 0) is 12.8 Å². The molecular weight excluding hydrogens is 911 g/mol. The van der Waals surface area contributed by atoms with Gasteiger partial charge >= 0.3 is 0 Å². The summed E-state index contributed by atoms with van der Waals surface area (Å²) in [7, 11) is 0. The number of hydrogen-bond donors (Lipinski definition) is 0. The van der Waals surface area contributed by atoms with Gasteiger partial charge in [-0.2, -0.15) is 0 Å². The lowest BCUT2D eigenvalue weighted by molar-refractivity contribution is 0.670. The van der Waals surface area contributed by atoms with Crippen LogP contribution in [0.5, 0.6) is 0 Å². The van der Waals surface area contributed by atoms with Gasteiger partial charge in [0.15, 0.2) is 0 Å². The van der Waals surface area contributed by atoms with E-state index in [1.165, 1.54) is 5.56 Å². The molecule has 13 rings (SSSR count). The number of hydrogen-bond acceptors (Lipinski definition) is 4. The fourth-order valence-corrected chi connectivity index (χ4v) is 10.6. The van der Waals surface area contributed by atoms with Crippen LogP contribution in [0.15, 0.2) is 278 Å². The van der Waals surface area contributed by atoms with Crippen molar-refractivity contribution < 1.29 is 4.42 Å². The van der Waals surface area contributed by atoms with Crippen LogP contribution >= 0.6 is 0 Å². The third-order valence-electron chi connectivity index (χ3n) is 14.4. The van der Waals surface area contributed by atoms with E-state index in [1.807, 2.05) is 30.5 Å². The van der Waals surface area contributed by atoms with Crippen molar-refractivity contribution in [2.75, 3.05) is 0 Å². The number of para-hydroxylation sites is 2. The summed E-state index contributed by atoms with van der Waals surface area (Å²) in [5.74, 6) is 0. The average molecular weight is 960 g/mol. The molecule has 0 saturated heterocycles. The Morgan fingerprint density at radius 1 is 0.253 bits per heavy atom. The van der Waals surface area contributed by atoms with Crippen molar-refractivity contribution in [2.45, 2.75) is 12.8 Å². The topological polar surface area (TPSA) is 51.8 Å². The zero-order valence-corrected chi connectivity index (χ0v) is 41.1. The number of benzene rings is 9. The van der Waals surface area contributed by atoms with Crippen molar-refractivity contribution in [1.29, 1.82) is 0 Å². The number of fused-ring (bicyclic) bond motifs is 3. The Labute approximate surface area is 437 Å². The van der Waals surface area contributed by atoms with Crippen LogP contribution in [0, 0.1) is 0 Å². The molecule has 0 bridgehead atoms. The number of aryl methyl sites for hydroxylation is 2. The second-order valence-electron chi connectivity index (χ2n) is 19.0. The molecule has 4 nitrogen and oxygen atoms in total. The Morgan fingerprint density at radius 2 is 0.693 bits per heavy atom. The Bertz CT molecular complexity index is 3960. The third kappa shape index (κ3) is 9.00. The van der Waals surface area contributed by atoms with Crippen LogP contribution in [0.25, 0.3) is 122 Å². The van der Waals surface area contributed by atoms with Crippen LogP contribution in [0.1, 0.15) is 11.1 Å². The van der Waals surface area contributed by atoms with Crippen LogP contribution in [0.3, 0.4) is 0 Å². The van der Waals surface area contributed by atoms with E-state index in [0.29, 0.717) is 0 Å². The quantitative estimate of drug-likeness (QED) is 0.122. The van der Waals surface area contributed by atoms with Crippen molar-refractivity contribution in [3.63, 3.8) is 0 Å². The molecule has 0 aliphatic carbocycles. The predicted octanol–water partition coefficient (Wildman–Crippen LogP) is 18.6. The van der Waals surface area contributed by atoms with Gasteiger partial charge < -0.3 is 4.42 Å². The summed E-state index contributed by atoms with van der Waals surface area (Å²) in [4.78, 5) is 15.3. The number of rotatable bonds is 12. The van der Waals surface area contributed by atoms with Gasteiger partial charge in [0, 0.05) is 57.2 Å². The molecule has 0 spiro atoms. The smallest absolute Gasteiger partial charge is 0.144 e. The first-order valence-corrected chi connectivity index (χ1v) is 25.6. The second-order valence-corrected chi connectivity index (χ2v) is 19.0. The molecule has 4 heteroatoms. The lowest BCUT2D eigenvalue weighted by Gasteiger charge is -2.19. The molecule has 13 aromatic rings. The third-order valence-corrected chi connectivity index (χ3v) is 14.4. The zero-order chi connectivity index (χ0) is 49.9. The molecule has 0 atom stereocenters. The van der Waals surface area contributed by atoms with E-state index in [2.05, 4.69) is 243 Å². The van der Waals surface area contributed by atoms with Gasteiger partial charge in [-0.1, -0.05) is 218 Å². The van der Waals surface area contributed by atoms with E-state index in [9.17, 15) is 0 Å². The highest BCUT2D eigenvalue weighted by atomic mass is 16.3. The van der Waals surface area contributed by atoms with Crippen molar-refractivity contribution in [3.8, 4) is 101 Å². The molecule has 0 aliphatic heterocycles. The number of pyridine rings is 3. The van der Waals surface area contributed by atoms with Gasteiger partial charge in [-0.3, -0.25) is 15.0 Å². The average Bonchev–Trinajstić information content (AvgIpc) is 3.88. The highest BCUT2D eigenvalue weighted by Crippen LogP contribution is 2.44. The van der Waals surface area contributed by atoms with Gasteiger partial charge in [-0.05, 0) is 116 Å². The molecule has 0 N–H and O–H groups in total. The summed E-state index contributed by atoms with van der Waals surface area (Å²) in [6.07, 6.45) is 7.76. The first-order chi connectivity index (χ1) is 37.2. The highest BCUT2D eigenvalue weighted by Gasteiger charge is 2.20. The predicted molar refractivity (Wildman–Crippen MR) is 310 cm³/mol. The summed E-state index contributed by atoms with van der Waals surface area (Å²) >= 11 is 0. The van der Waals surface area contributed by atoms with Crippen molar-refractivity contribution >= 4 is 21.9 Å². The van der Waals surface area contributed by atoms with E-state index >= 15 is 0 Å². The van der Waals surface area contributed by atoms with Gasteiger partial charge in [0.05, 0.1) is 17.1 Å². The van der Waals surface area contributed by atoms with Gasteiger partial charge in [-0.15, -0.1) is 0 Å². The molecular formula is C71H49N3O. The molecule has 0 fully saturated rings. The largest absolute Gasteiger partial charge is 0.455 e. The van der Waals surface area contributed by atoms with Gasteiger partial charge in [0.2, 0.25) is 0 Å². The molecule has 0 radical (unpaired) electrons. The lowest BCUT2D eigenvalue weighted by Crippen LogP contribution is -1.97. The molecule has 0 saturated carbocycles. The minimum absolute atomic E-state index is 0.802. The van der Waals surface area contributed by atoms with Crippen LogP contribution < -0.4 is 0 Å². The summed E-state index contributed by atoms with van der Waals surface area (Å²) in [5.41, 5.74) is 23.5. The molecule has 4 aromatic heterocycles. The molecule has 0 amide bonds. The molecule has 9 aromatic carbocycles. The normalized spacial score (nSPS) is 11.3. The molecule has 0 unspecified atom stereocenters. The standard InChI is InChI=1S/C71H49N3O/c1-5-20-50(21-6-1)63-43-68(52-24-9-3-10-25-52)73-46-65(63)58-30-15-13-28-56(58)54-40-49(37-36-48-38-39-67(72-45-48)62-34-19-33-61-60-32-17-18-35-70(60)75-71(61)62)41-55(42-54)57-29-14-16-31-59(57)66-47-74-69(53-26-11-4-12-27-53)44-64(66)51-22-7-2-8-23-51/h1-35,38-47H,36-37H2.